The minimum atomic E-state index is 0.291. The summed E-state index contributed by atoms with van der Waals surface area (Å²) in [6, 6.07) is 8.42. The van der Waals surface area contributed by atoms with E-state index in [-0.39, 0.29) is 0 Å². The van der Waals surface area contributed by atoms with Crippen LogP contribution in [-0.4, -0.2) is 34.5 Å². The summed E-state index contributed by atoms with van der Waals surface area (Å²) in [5.74, 6) is 0.857. The van der Waals surface area contributed by atoms with Gasteiger partial charge in [0.2, 0.25) is 0 Å². The van der Waals surface area contributed by atoms with Gasteiger partial charge in [0.25, 0.3) is 0 Å². The molecular formula is C14H20N4O. The van der Waals surface area contributed by atoms with Crippen LogP contribution in [0.1, 0.15) is 13.3 Å². The lowest BCUT2D eigenvalue weighted by Crippen LogP contribution is -2.24. The number of methoxy groups -OCH3 is 1. The molecule has 1 heterocycles. The molecule has 2 rings (SSSR count). The number of hydrogen-bond acceptors (Lipinski definition) is 4. The van der Waals surface area contributed by atoms with Crippen LogP contribution in [-0.2, 0) is 11.8 Å². The van der Waals surface area contributed by atoms with Gasteiger partial charge >= 0.3 is 0 Å². The van der Waals surface area contributed by atoms with Crippen LogP contribution in [0.15, 0.2) is 30.6 Å². The first-order chi connectivity index (χ1) is 9.26. The van der Waals surface area contributed by atoms with Crippen molar-refractivity contribution in [3.8, 4) is 11.4 Å². The van der Waals surface area contributed by atoms with Crippen molar-refractivity contribution >= 4 is 5.69 Å². The van der Waals surface area contributed by atoms with Gasteiger partial charge in [-0.25, -0.2) is 0 Å². The summed E-state index contributed by atoms with van der Waals surface area (Å²) in [6.07, 6.45) is 2.71. The van der Waals surface area contributed by atoms with E-state index in [9.17, 15) is 0 Å². The Labute approximate surface area is 113 Å². The lowest BCUT2D eigenvalue weighted by atomic mass is 10.1. The van der Waals surface area contributed by atoms with Crippen LogP contribution in [0, 0.1) is 0 Å². The normalized spacial score (nSPS) is 12.4. The SMILES string of the molecule is CCC(COC)Nc1ccccc1-c1nncn1C. The fourth-order valence-corrected chi connectivity index (χ4v) is 2.01. The number of rotatable bonds is 6. The van der Waals surface area contributed by atoms with E-state index in [4.69, 9.17) is 4.74 Å². The third kappa shape index (κ3) is 3.12. The predicted octanol–water partition coefficient (Wildman–Crippen LogP) is 2.32. The Morgan fingerprint density at radius 2 is 2.16 bits per heavy atom. The second-order valence-electron chi connectivity index (χ2n) is 4.52. The average molecular weight is 260 g/mol. The van der Waals surface area contributed by atoms with Crippen molar-refractivity contribution < 1.29 is 4.74 Å². The monoisotopic (exact) mass is 260 g/mol. The molecule has 1 atom stereocenters. The van der Waals surface area contributed by atoms with Crippen molar-refractivity contribution in [1.29, 1.82) is 0 Å². The molecule has 0 aliphatic rings. The molecule has 1 unspecified atom stereocenters. The second kappa shape index (κ2) is 6.33. The summed E-state index contributed by atoms with van der Waals surface area (Å²) < 4.78 is 7.14. The number of anilines is 1. The largest absolute Gasteiger partial charge is 0.383 e. The standard InChI is InChI=1S/C14H20N4O/c1-4-11(9-19-3)16-13-8-6-5-7-12(13)14-17-15-10-18(14)2/h5-8,10-11,16H,4,9H2,1-3H3. The molecule has 0 amide bonds. The molecule has 0 saturated carbocycles. The van der Waals surface area contributed by atoms with E-state index in [1.165, 1.54) is 0 Å². The number of nitrogens with zero attached hydrogens (tertiary/aromatic N) is 3. The Morgan fingerprint density at radius 3 is 2.79 bits per heavy atom. The highest BCUT2D eigenvalue weighted by molar-refractivity contribution is 5.73. The van der Waals surface area contributed by atoms with Gasteiger partial charge in [0, 0.05) is 31.5 Å². The van der Waals surface area contributed by atoms with E-state index in [2.05, 4.69) is 28.5 Å². The molecule has 0 radical (unpaired) electrons. The maximum atomic E-state index is 5.23. The molecule has 0 fully saturated rings. The number of benzene rings is 1. The van der Waals surface area contributed by atoms with E-state index in [1.54, 1.807) is 13.4 Å². The third-order valence-electron chi connectivity index (χ3n) is 3.10. The highest BCUT2D eigenvalue weighted by Crippen LogP contribution is 2.26. The minimum Gasteiger partial charge on any atom is -0.383 e. The van der Waals surface area contributed by atoms with Crippen molar-refractivity contribution in [2.75, 3.05) is 19.0 Å². The molecule has 0 bridgehead atoms. The van der Waals surface area contributed by atoms with Gasteiger partial charge in [-0.1, -0.05) is 19.1 Å². The zero-order valence-corrected chi connectivity index (χ0v) is 11.6. The molecule has 1 aromatic carbocycles. The summed E-state index contributed by atoms with van der Waals surface area (Å²) in [5.41, 5.74) is 2.11. The number of aryl methyl sites for hydroxylation is 1. The van der Waals surface area contributed by atoms with Gasteiger partial charge in [0.05, 0.1) is 6.61 Å². The van der Waals surface area contributed by atoms with Gasteiger partial charge in [0.15, 0.2) is 5.82 Å². The van der Waals surface area contributed by atoms with E-state index in [0.717, 1.165) is 23.5 Å². The minimum absolute atomic E-state index is 0.291. The molecule has 0 aliphatic heterocycles. The number of nitrogens with one attached hydrogen (secondary N) is 1. The molecule has 0 aliphatic carbocycles. The highest BCUT2D eigenvalue weighted by atomic mass is 16.5. The van der Waals surface area contributed by atoms with Gasteiger partial charge in [-0.05, 0) is 18.6 Å². The van der Waals surface area contributed by atoms with Crippen LogP contribution >= 0.6 is 0 Å². The Morgan fingerprint density at radius 1 is 1.37 bits per heavy atom. The van der Waals surface area contributed by atoms with Gasteiger partial charge in [-0.3, -0.25) is 0 Å². The van der Waals surface area contributed by atoms with E-state index in [1.807, 2.05) is 29.8 Å². The van der Waals surface area contributed by atoms with E-state index in [0.29, 0.717) is 12.6 Å². The molecule has 2 aromatic rings. The topological polar surface area (TPSA) is 52.0 Å². The van der Waals surface area contributed by atoms with Crippen LogP contribution in [0.25, 0.3) is 11.4 Å². The molecule has 0 saturated heterocycles. The zero-order valence-electron chi connectivity index (χ0n) is 11.6. The lowest BCUT2D eigenvalue weighted by molar-refractivity contribution is 0.184. The van der Waals surface area contributed by atoms with E-state index >= 15 is 0 Å². The maximum absolute atomic E-state index is 5.23. The molecular weight excluding hydrogens is 240 g/mol. The van der Waals surface area contributed by atoms with Crippen molar-refractivity contribution in [3.63, 3.8) is 0 Å². The highest BCUT2D eigenvalue weighted by Gasteiger charge is 2.12. The Bertz CT molecular complexity index is 524. The quantitative estimate of drug-likeness (QED) is 0.866. The first-order valence-electron chi connectivity index (χ1n) is 6.45. The number of aromatic nitrogens is 3. The van der Waals surface area contributed by atoms with Crippen LogP contribution < -0.4 is 5.32 Å². The summed E-state index contributed by atoms with van der Waals surface area (Å²) >= 11 is 0. The summed E-state index contributed by atoms with van der Waals surface area (Å²) in [5, 5.41) is 11.6. The van der Waals surface area contributed by atoms with Crippen molar-refractivity contribution in [2.24, 2.45) is 7.05 Å². The molecule has 5 nitrogen and oxygen atoms in total. The lowest BCUT2D eigenvalue weighted by Gasteiger charge is -2.19. The Kier molecular flexibility index (Phi) is 4.52. The van der Waals surface area contributed by atoms with Gasteiger partial charge in [-0.15, -0.1) is 10.2 Å². The number of hydrogen-bond donors (Lipinski definition) is 1. The smallest absolute Gasteiger partial charge is 0.165 e. The average Bonchev–Trinajstić information content (AvgIpc) is 2.85. The van der Waals surface area contributed by atoms with Crippen LogP contribution in [0.3, 0.4) is 0 Å². The van der Waals surface area contributed by atoms with Gasteiger partial charge in [-0.2, -0.15) is 0 Å². The fraction of sp³-hybridized carbons (Fsp3) is 0.429. The first-order valence-corrected chi connectivity index (χ1v) is 6.45. The first kappa shape index (κ1) is 13.5. The number of ether oxygens (including phenoxy) is 1. The van der Waals surface area contributed by atoms with Gasteiger partial charge < -0.3 is 14.6 Å². The van der Waals surface area contributed by atoms with Gasteiger partial charge in [0.1, 0.15) is 6.33 Å². The van der Waals surface area contributed by atoms with Crippen LogP contribution in [0.2, 0.25) is 0 Å². The Hall–Kier alpha value is -1.88. The Balaban J connectivity index is 2.29. The van der Waals surface area contributed by atoms with Crippen LogP contribution in [0.4, 0.5) is 5.69 Å². The van der Waals surface area contributed by atoms with Crippen molar-refractivity contribution in [3.05, 3.63) is 30.6 Å². The molecule has 1 aromatic heterocycles. The van der Waals surface area contributed by atoms with Crippen molar-refractivity contribution in [2.45, 2.75) is 19.4 Å². The third-order valence-corrected chi connectivity index (χ3v) is 3.10. The predicted molar refractivity (Wildman–Crippen MR) is 76.0 cm³/mol. The summed E-state index contributed by atoms with van der Waals surface area (Å²) in [7, 11) is 3.66. The molecule has 5 heteroatoms. The molecule has 102 valence electrons. The zero-order chi connectivity index (χ0) is 13.7. The maximum Gasteiger partial charge on any atom is 0.165 e. The molecule has 19 heavy (non-hydrogen) atoms. The van der Waals surface area contributed by atoms with E-state index < -0.39 is 0 Å². The molecule has 1 N–H and O–H groups in total. The molecule has 0 spiro atoms. The fourth-order valence-electron chi connectivity index (χ4n) is 2.01. The summed E-state index contributed by atoms with van der Waals surface area (Å²) in [6.45, 7) is 2.82. The number of para-hydroxylation sites is 1. The van der Waals surface area contributed by atoms with Crippen molar-refractivity contribution in [1.82, 2.24) is 14.8 Å². The van der Waals surface area contributed by atoms with Crippen LogP contribution in [0.5, 0.6) is 0 Å². The summed E-state index contributed by atoms with van der Waals surface area (Å²) in [4.78, 5) is 0. The second-order valence-corrected chi connectivity index (χ2v) is 4.52.